The van der Waals surface area contributed by atoms with Crippen molar-refractivity contribution in [1.29, 1.82) is 0 Å². The van der Waals surface area contributed by atoms with Crippen LogP contribution < -0.4 is 5.73 Å². The van der Waals surface area contributed by atoms with Crippen molar-refractivity contribution < 1.29 is 13.6 Å². The molecular weight excluding hydrogens is 492 g/mol. The number of anilines is 1. The Balaban J connectivity index is 1.33. The van der Waals surface area contributed by atoms with Crippen molar-refractivity contribution in [2.75, 3.05) is 5.73 Å². The molecule has 10 nitrogen and oxygen atoms in total. The number of fused-ring (bicyclic) bond motifs is 1. The Kier molecular flexibility index (Phi) is 5.25. The number of aromatic nitrogens is 7. The minimum absolute atomic E-state index is 0.0607. The highest BCUT2D eigenvalue weighted by Gasteiger charge is 2.42. The van der Waals surface area contributed by atoms with E-state index in [0.717, 1.165) is 0 Å². The Hall–Kier alpha value is -4.19. The molecule has 0 aliphatic carbocycles. The number of hydrogen-bond acceptors (Lipinski definition) is 7. The Morgan fingerprint density at radius 2 is 2.03 bits per heavy atom. The second-order valence-corrected chi connectivity index (χ2v) is 9.04. The largest absolute Gasteiger partial charge is 0.384 e. The van der Waals surface area contributed by atoms with Gasteiger partial charge < -0.3 is 15.6 Å². The van der Waals surface area contributed by atoms with E-state index in [9.17, 15) is 9.18 Å². The van der Waals surface area contributed by atoms with Crippen molar-refractivity contribution in [2.45, 2.75) is 31.3 Å². The summed E-state index contributed by atoms with van der Waals surface area (Å²) < 4.78 is 30.9. The summed E-state index contributed by atoms with van der Waals surface area (Å²) in [6.07, 6.45) is 6.02. The van der Waals surface area contributed by atoms with Crippen molar-refractivity contribution in [3.05, 3.63) is 71.0 Å². The zero-order valence-electron chi connectivity index (χ0n) is 18.6. The van der Waals surface area contributed by atoms with E-state index in [-0.39, 0.29) is 40.0 Å². The number of nitrogen functional groups attached to an aromatic ring is 1. The number of carbonyl (C=O) groups is 1. The first-order valence-electron chi connectivity index (χ1n) is 11.1. The molecule has 2 atom stereocenters. The highest BCUT2D eigenvalue weighted by Crippen LogP contribution is 2.44. The van der Waals surface area contributed by atoms with Gasteiger partial charge in [0.05, 0.1) is 34.2 Å². The van der Waals surface area contributed by atoms with Crippen LogP contribution in [0.25, 0.3) is 22.5 Å². The maximum absolute atomic E-state index is 15.2. The van der Waals surface area contributed by atoms with Crippen LogP contribution in [0.5, 0.6) is 0 Å². The highest BCUT2D eigenvalue weighted by molar-refractivity contribution is 6.31. The van der Waals surface area contributed by atoms with Gasteiger partial charge in [-0.25, -0.2) is 14.4 Å². The van der Waals surface area contributed by atoms with Gasteiger partial charge in [-0.1, -0.05) is 11.6 Å². The average molecular weight is 510 g/mol. The standard InChI is InChI=1S/C23H18ClF2N9O/c24-14-3-5-16(34-10-29-32-33-34)20(21(14)25)11-7-12-1-4-17(35(12)19(36)8-11)23-28-9-15(30-23)13-2-6-18(27)31-22(13)26/h2-3,5-6,8-10,12,17H,1,4,7H2,(H2,27,31)(H,28,30)/t12-,17+/m0/s1. The maximum Gasteiger partial charge on any atom is 0.247 e. The molecule has 1 amide bonds. The summed E-state index contributed by atoms with van der Waals surface area (Å²) in [7, 11) is 0. The smallest absolute Gasteiger partial charge is 0.247 e. The lowest BCUT2D eigenvalue weighted by Gasteiger charge is -2.33. The molecular formula is C23H18ClF2N9O. The summed E-state index contributed by atoms with van der Waals surface area (Å²) in [6.45, 7) is 0. The first-order chi connectivity index (χ1) is 17.4. The molecule has 13 heteroatoms. The van der Waals surface area contributed by atoms with Gasteiger partial charge in [0.15, 0.2) is 5.82 Å². The van der Waals surface area contributed by atoms with E-state index in [1.165, 1.54) is 41.5 Å². The molecule has 0 radical (unpaired) electrons. The van der Waals surface area contributed by atoms with Crippen molar-refractivity contribution >= 4 is 28.9 Å². The Bertz CT molecular complexity index is 1520. The van der Waals surface area contributed by atoms with E-state index >= 15 is 4.39 Å². The van der Waals surface area contributed by atoms with Gasteiger partial charge in [0.2, 0.25) is 11.9 Å². The maximum atomic E-state index is 15.2. The lowest BCUT2D eigenvalue weighted by atomic mass is 9.92. The minimum atomic E-state index is -0.710. The van der Waals surface area contributed by atoms with E-state index in [4.69, 9.17) is 17.3 Å². The van der Waals surface area contributed by atoms with E-state index < -0.39 is 11.8 Å². The number of carbonyl (C=O) groups excluding carboxylic acids is 1. The topological polar surface area (TPSA) is 132 Å². The molecule has 1 fully saturated rings. The number of pyridine rings is 1. The summed E-state index contributed by atoms with van der Waals surface area (Å²) in [6, 6.07) is 5.56. The molecule has 4 aromatic rings. The zero-order valence-corrected chi connectivity index (χ0v) is 19.3. The summed E-state index contributed by atoms with van der Waals surface area (Å²) in [5.41, 5.74) is 7.30. The highest BCUT2D eigenvalue weighted by atomic mass is 35.5. The first-order valence-corrected chi connectivity index (χ1v) is 11.5. The lowest BCUT2D eigenvalue weighted by Crippen LogP contribution is -2.39. The Labute approximate surface area is 207 Å². The number of nitrogens with two attached hydrogens (primary N) is 1. The fourth-order valence-corrected chi connectivity index (χ4v) is 5.15. The summed E-state index contributed by atoms with van der Waals surface area (Å²) >= 11 is 6.08. The number of hydrogen-bond donors (Lipinski definition) is 2. The van der Waals surface area contributed by atoms with Crippen molar-refractivity contribution in [2.24, 2.45) is 0 Å². The van der Waals surface area contributed by atoms with Crippen LogP contribution in [0.4, 0.5) is 14.6 Å². The zero-order chi connectivity index (χ0) is 25.0. The molecule has 3 N–H and O–H groups in total. The third-order valence-electron chi connectivity index (χ3n) is 6.57. The monoisotopic (exact) mass is 509 g/mol. The SMILES string of the molecule is Nc1ccc(-c2cnc([C@H]3CC[C@H]4CC(c5c(-n6cnnn6)ccc(Cl)c5F)=CC(=O)N43)[nH]2)c(F)n1. The van der Waals surface area contributed by atoms with E-state index in [2.05, 4.69) is 30.5 Å². The Morgan fingerprint density at radius 3 is 2.81 bits per heavy atom. The van der Waals surface area contributed by atoms with Crippen molar-refractivity contribution in [1.82, 2.24) is 40.1 Å². The third kappa shape index (κ3) is 3.61. The number of amides is 1. The normalized spacial score (nSPS) is 19.5. The van der Waals surface area contributed by atoms with Gasteiger partial charge in [0, 0.05) is 17.7 Å². The number of aromatic amines is 1. The molecule has 6 rings (SSSR count). The number of rotatable bonds is 4. The molecule has 0 spiro atoms. The molecule has 0 saturated carbocycles. The molecule has 2 aliphatic rings. The lowest BCUT2D eigenvalue weighted by molar-refractivity contribution is -0.129. The summed E-state index contributed by atoms with van der Waals surface area (Å²) in [5, 5.41) is 11.0. The molecule has 2 aliphatic heterocycles. The van der Waals surface area contributed by atoms with Crippen LogP contribution in [0, 0.1) is 11.8 Å². The van der Waals surface area contributed by atoms with Gasteiger partial charge in [-0.05, 0) is 59.5 Å². The van der Waals surface area contributed by atoms with Crippen LogP contribution in [-0.2, 0) is 4.79 Å². The number of tetrazole rings is 1. The van der Waals surface area contributed by atoms with E-state index in [1.807, 2.05) is 0 Å². The number of imidazole rings is 1. The molecule has 5 heterocycles. The van der Waals surface area contributed by atoms with Gasteiger partial charge in [-0.3, -0.25) is 4.79 Å². The molecule has 3 aromatic heterocycles. The molecule has 1 saturated heterocycles. The minimum Gasteiger partial charge on any atom is -0.384 e. The van der Waals surface area contributed by atoms with Crippen LogP contribution in [0.3, 0.4) is 0 Å². The number of halogens is 3. The summed E-state index contributed by atoms with van der Waals surface area (Å²) in [4.78, 5) is 26.3. The molecule has 0 unspecified atom stereocenters. The van der Waals surface area contributed by atoms with E-state index in [1.54, 1.807) is 11.0 Å². The predicted molar refractivity (Wildman–Crippen MR) is 126 cm³/mol. The van der Waals surface area contributed by atoms with Crippen LogP contribution in [-0.4, -0.2) is 52.0 Å². The Morgan fingerprint density at radius 1 is 1.17 bits per heavy atom. The molecule has 36 heavy (non-hydrogen) atoms. The van der Waals surface area contributed by atoms with Crippen LogP contribution >= 0.6 is 11.6 Å². The van der Waals surface area contributed by atoms with Gasteiger partial charge >= 0.3 is 0 Å². The number of nitrogens with zero attached hydrogens (tertiary/aromatic N) is 7. The average Bonchev–Trinajstić information content (AvgIpc) is 3.61. The molecule has 1 aromatic carbocycles. The van der Waals surface area contributed by atoms with Gasteiger partial charge in [-0.2, -0.15) is 9.07 Å². The predicted octanol–water partition coefficient (Wildman–Crippen LogP) is 3.48. The van der Waals surface area contributed by atoms with Crippen molar-refractivity contribution in [3.8, 4) is 16.9 Å². The van der Waals surface area contributed by atoms with Gasteiger partial charge in [-0.15, -0.1) is 5.10 Å². The second-order valence-electron chi connectivity index (χ2n) is 8.63. The number of nitrogens with one attached hydrogen (secondary N) is 1. The van der Waals surface area contributed by atoms with E-state index in [0.29, 0.717) is 42.0 Å². The fourth-order valence-electron chi connectivity index (χ4n) is 5.00. The van der Waals surface area contributed by atoms with Gasteiger partial charge in [0.25, 0.3) is 0 Å². The quantitative estimate of drug-likeness (QED) is 0.402. The van der Waals surface area contributed by atoms with Crippen molar-refractivity contribution in [3.63, 3.8) is 0 Å². The third-order valence-corrected chi connectivity index (χ3v) is 6.86. The fraction of sp³-hybridized carbons (Fsp3) is 0.217. The summed E-state index contributed by atoms with van der Waals surface area (Å²) in [5.74, 6) is -1.00. The van der Waals surface area contributed by atoms with Crippen LogP contribution in [0.2, 0.25) is 5.02 Å². The first kappa shape index (κ1) is 22.3. The van der Waals surface area contributed by atoms with Crippen LogP contribution in [0.1, 0.15) is 36.7 Å². The molecule has 0 bridgehead atoms. The second kappa shape index (κ2) is 8.48. The molecule has 182 valence electrons. The van der Waals surface area contributed by atoms with Gasteiger partial charge in [0.1, 0.15) is 18.0 Å². The number of benzene rings is 1. The van der Waals surface area contributed by atoms with Crippen LogP contribution in [0.15, 0.2) is 42.9 Å². The number of H-pyrrole nitrogens is 1.